The number of pyridine rings is 1. The van der Waals surface area contributed by atoms with Gasteiger partial charge in [0.15, 0.2) is 11.7 Å². The summed E-state index contributed by atoms with van der Waals surface area (Å²) in [6.07, 6.45) is 1.71. The van der Waals surface area contributed by atoms with Crippen molar-refractivity contribution in [3.05, 3.63) is 42.1 Å². The van der Waals surface area contributed by atoms with E-state index < -0.39 is 17.7 Å². The Kier molecular flexibility index (Phi) is 5.73. The highest BCUT2D eigenvalue weighted by atomic mass is 16.5. The Morgan fingerprint density at radius 3 is 2.68 bits per heavy atom. The van der Waals surface area contributed by atoms with Gasteiger partial charge in [0, 0.05) is 37.7 Å². The molecular weight excluding hydrogens is 362 g/mol. The van der Waals surface area contributed by atoms with Crippen LogP contribution in [0.25, 0.3) is 0 Å². The number of nitrogens with one attached hydrogen (secondary N) is 3. The van der Waals surface area contributed by atoms with Gasteiger partial charge in [0.05, 0.1) is 18.4 Å². The summed E-state index contributed by atoms with van der Waals surface area (Å²) in [7, 11) is 2.97. The summed E-state index contributed by atoms with van der Waals surface area (Å²) in [5, 5.41) is 18.8. The number of carboxylic acid groups (broad SMARTS) is 1. The fourth-order valence-corrected chi connectivity index (χ4v) is 2.96. The lowest BCUT2D eigenvalue weighted by molar-refractivity contribution is -0.138. The number of hydrogen-bond donors (Lipinski definition) is 4. The normalized spacial score (nSPS) is 15.3. The average Bonchev–Trinajstić information content (AvgIpc) is 2.70. The molecule has 0 radical (unpaired) electrons. The van der Waals surface area contributed by atoms with Crippen molar-refractivity contribution >= 4 is 40.5 Å². The van der Waals surface area contributed by atoms with E-state index in [2.05, 4.69) is 25.9 Å². The molecule has 0 aliphatic carbocycles. The van der Waals surface area contributed by atoms with Crippen LogP contribution in [0.1, 0.15) is 10.4 Å². The van der Waals surface area contributed by atoms with Crippen LogP contribution < -0.4 is 16.0 Å². The van der Waals surface area contributed by atoms with Crippen molar-refractivity contribution in [1.82, 2.24) is 4.98 Å². The van der Waals surface area contributed by atoms with Crippen molar-refractivity contribution in [2.45, 2.75) is 0 Å². The Balaban J connectivity index is 1.79. The third-order valence-corrected chi connectivity index (χ3v) is 4.25. The molecule has 0 saturated heterocycles. The molecule has 1 aromatic carbocycles. The van der Waals surface area contributed by atoms with Crippen molar-refractivity contribution in [2.24, 2.45) is 10.9 Å². The number of hydrogen-bond acceptors (Lipinski definition) is 8. The second-order valence-electron chi connectivity index (χ2n) is 6.03. The van der Waals surface area contributed by atoms with Gasteiger partial charge < -0.3 is 25.8 Å². The number of anilines is 3. The fourth-order valence-electron chi connectivity index (χ4n) is 2.96. The molecule has 0 fully saturated rings. The first kappa shape index (κ1) is 19.2. The monoisotopic (exact) mass is 383 g/mol. The zero-order valence-corrected chi connectivity index (χ0v) is 15.5. The van der Waals surface area contributed by atoms with Crippen LogP contribution in [0.15, 0.2) is 41.5 Å². The van der Waals surface area contributed by atoms with Crippen LogP contribution in [-0.4, -0.2) is 55.0 Å². The van der Waals surface area contributed by atoms with Crippen LogP contribution in [0, 0.1) is 5.92 Å². The maximum Gasteiger partial charge on any atom is 0.324 e. The molecule has 0 saturated carbocycles. The topological polar surface area (TPSA) is 125 Å². The smallest absolute Gasteiger partial charge is 0.324 e. The molecule has 9 nitrogen and oxygen atoms in total. The number of carboxylic acids is 1. The maximum absolute atomic E-state index is 12.7. The van der Waals surface area contributed by atoms with E-state index in [1.165, 1.54) is 7.11 Å². The second-order valence-corrected chi connectivity index (χ2v) is 6.03. The van der Waals surface area contributed by atoms with Crippen LogP contribution in [0.3, 0.4) is 0 Å². The zero-order chi connectivity index (χ0) is 20.1. The quantitative estimate of drug-likeness (QED) is 0.424. The van der Waals surface area contributed by atoms with E-state index in [0.717, 1.165) is 11.5 Å². The van der Waals surface area contributed by atoms with Crippen molar-refractivity contribution in [2.75, 3.05) is 43.2 Å². The number of aliphatic imine (C=N–C) groups is 1. The molecule has 0 bridgehead atoms. The molecule has 1 unspecified atom stereocenters. The molecule has 0 spiro atoms. The van der Waals surface area contributed by atoms with E-state index in [-0.39, 0.29) is 11.5 Å². The standard InChI is InChI=1S/C19H21N5O4/c1-20-12-9-11(21-7-8-23-14-5-3-4-6-22-14)10-13-15(12)17(25)16(19(26)27)18(24-13)28-2/h3-6,9-10,16,20-21H,7-8H2,1-2H3,(H,22,23)(H,26,27). The number of ketones is 1. The zero-order valence-electron chi connectivity index (χ0n) is 15.5. The minimum absolute atomic E-state index is 0.124. The number of aromatic nitrogens is 1. The van der Waals surface area contributed by atoms with Crippen LogP contribution in [0.4, 0.5) is 22.9 Å². The van der Waals surface area contributed by atoms with Gasteiger partial charge in [-0.05, 0) is 24.3 Å². The molecule has 1 aromatic heterocycles. The molecular formula is C19H21N5O4. The summed E-state index contributed by atoms with van der Waals surface area (Å²) >= 11 is 0. The van der Waals surface area contributed by atoms with Gasteiger partial charge in [0.1, 0.15) is 5.82 Å². The number of nitrogens with zero attached hydrogens (tertiary/aromatic N) is 2. The Hall–Kier alpha value is -3.62. The Labute approximate surface area is 161 Å². The van der Waals surface area contributed by atoms with E-state index >= 15 is 0 Å². The van der Waals surface area contributed by atoms with Gasteiger partial charge in [0.25, 0.3) is 0 Å². The molecule has 3 rings (SSSR count). The molecule has 4 N–H and O–H groups in total. The van der Waals surface area contributed by atoms with Crippen molar-refractivity contribution in [3.8, 4) is 0 Å². The lowest BCUT2D eigenvalue weighted by Gasteiger charge is -2.22. The SMILES string of the molecule is CNc1cc(NCCNc2ccccn2)cc2c1C(=O)C(C(=O)O)C(OC)=N2. The van der Waals surface area contributed by atoms with Gasteiger partial charge in [-0.3, -0.25) is 9.59 Å². The minimum Gasteiger partial charge on any atom is -0.483 e. The third kappa shape index (κ3) is 3.88. The second kappa shape index (κ2) is 8.38. The number of carbonyl (C=O) groups excluding carboxylic acids is 1. The number of aliphatic carboxylic acids is 1. The number of ether oxygens (including phenoxy) is 1. The van der Waals surface area contributed by atoms with Crippen LogP contribution in [0.5, 0.6) is 0 Å². The first-order valence-electron chi connectivity index (χ1n) is 8.69. The van der Waals surface area contributed by atoms with E-state index in [1.807, 2.05) is 18.2 Å². The Morgan fingerprint density at radius 2 is 2.04 bits per heavy atom. The molecule has 2 aromatic rings. The summed E-state index contributed by atoms with van der Waals surface area (Å²) in [5.41, 5.74) is 1.86. The predicted molar refractivity (Wildman–Crippen MR) is 107 cm³/mol. The maximum atomic E-state index is 12.7. The molecule has 9 heteroatoms. The predicted octanol–water partition coefficient (Wildman–Crippen LogP) is 2.22. The number of benzene rings is 1. The van der Waals surface area contributed by atoms with E-state index in [0.29, 0.717) is 24.5 Å². The summed E-state index contributed by atoms with van der Waals surface area (Å²) < 4.78 is 5.04. The van der Waals surface area contributed by atoms with Gasteiger partial charge in [-0.2, -0.15) is 0 Å². The molecule has 1 aliphatic heterocycles. The molecule has 2 heterocycles. The summed E-state index contributed by atoms with van der Waals surface area (Å²) in [5.74, 6) is -2.62. The number of methoxy groups -OCH3 is 1. The highest BCUT2D eigenvalue weighted by Crippen LogP contribution is 2.37. The van der Waals surface area contributed by atoms with Crippen LogP contribution in [0.2, 0.25) is 0 Å². The summed E-state index contributed by atoms with van der Waals surface area (Å²) in [6, 6.07) is 9.08. The minimum atomic E-state index is -1.44. The van der Waals surface area contributed by atoms with Crippen molar-refractivity contribution in [3.63, 3.8) is 0 Å². The number of carbonyl (C=O) groups is 2. The van der Waals surface area contributed by atoms with Crippen LogP contribution >= 0.6 is 0 Å². The molecule has 28 heavy (non-hydrogen) atoms. The summed E-state index contributed by atoms with van der Waals surface area (Å²) in [6.45, 7) is 1.24. The largest absolute Gasteiger partial charge is 0.483 e. The Bertz CT molecular complexity index is 914. The summed E-state index contributed by atoms with van der Waals surface area (Å²) in [4.78, 5) is 32.6. The number of fused-ring (bicyclic) bond motifs is 1. The fraction of sp³-hybridized carbons (Fsp3) is 0.263. The molecule has 1 atom stereocenters. The van der Waals surface area contributed by atoms with Crippen molar-refractivity contribution in [1.29, 1.82) is 0 Å². The number of rotatable bonds is 7. The number of Topliss-reactive ketones (excluding diaryl/α,β-unsaturated/α-hetero) is 1. The molecule has 1 aliphatic rings. The van der Waals surface area contributed by atoms with Gasteiger partial charge in [-0.1, -0.05) is 6.07 Å². The molecule has 0 amide bonds. The van der Waals surface area contributed by atoms with Gasteiger partial charge in [-0.15, -0.1) is 0 Å². The van der Waals surface area contributed by atoms with E-state index in [9.17, 15) is 14.7 Å². The lowest BCUT2D eigenvalue weighted by atomic mass is 9.91. The molecule has 146 valence electrons. The van der Waals surface area contributed by atoms with Gasteiger partial charge >= 0.3 is 5.97 Å². The van der Waals surface area contributed by atoms with Gasteiger partial charge in [-0.25, -0.2) is 9.98 Å². The third-order valence-electron chi connectivity index (χ3n) is 4.25. The Morgan fingerprint density at radius 1 is 1.25 bits per heavy atom. The first-order valence-corrected chi connectivity index (χ1v) is 8.69. The lowest BCUT2D eigenvalue weighted by Crippen LogP contribution is -2.35. The van der Waals surface area contributed by atoms with E-state index in [1.54, 1.807) is 25.4 Å². The highest BCUT2D eigenvalue weighted by Gasteiger charge is 2.39. The first-order chi connectivity index (χ1) is 13.5. The van der Waals surface area contributed by atoms with Crippen LogP contribution in [-0.2, 0) is 9.53 Å². The van der Waals surface area contributed by atoms with Gasteiger partial charge in [0.2, 0.25) is 5.90 Å². The van der Waals surface area contributed by atoms with Crippen molar-refractivity contribution < 1.29 is 19.4 Å². The highest BCUT2D eigenvalue weighted by molar-refractivity contribution is 6.27. The van der Waals surface area contributed by atoms with E-state index in [4.69, 9.17) is 4.74 Å². The average molecular weight is 383 g/mol.